The van der Waals surface area contributed by atoms with E-state index in [0.717, 1.165) is 29.6 Å². The summed E-state index contributed by atoms with van der Waals surface area (Å²) < 4.78 is 61.3. The minimum absolute atomic E-state index is 0.0807. The van der Waals surface area contributed by atoms with Gasteiger partial charge in [0, 0.05) is 31.2 Å². The number of benzene rings is 1. The number of nitrogens with zero attached hydrogens (tertiary/aromatic N) is 3. The van der Waals surface area contributed by atoms with Crippen molar-refractivity contribution in [2.24, 2.45) is 0 Å². The number of imidazole rings is 1. The minimum Gasteiger partial charge on any atom is -0.340 e. The van der Waals surface area contributed by atoms with Crippen molar-refractivity contribution in [2.45, 2.75) is 24.3 Å². The maximum atomic E-state index is 12.8. The quantitative estimate of drug-likeness (QED) is 0.613. The molecule has 0 saturated heterocycles. The van der Waals surface area contributed by atoms with Gasteiger partial charge in [-0.1, -0.05) is 12.1 Å². The maximum absolute atomic E-state index is 12.8. The number of sulfone groups is 1. The van der Waals surface area contributed by atoms with Crippen molar-refractivity contribution >= 4 is 27.2 Å². The first-order chi connectivity index (χ1) is 15.0. The van der Waals surface area contributed by atoms with Gasteiger partial charge in [-0.15, -0.1) is 0 Å². The first-order valence-electron chi connectivity index (χ1n) is 9.48. The number of carbonyl (C=O) groups is 1. The summed E-state index contributed by atoms with van der Waals surface area (Å²) in [5.74, 6) is -0.100. The van der Waals surface area contributed by atoms with Gasteiger partial charge in [0.15, 0.2) is 0 Å². The number of halogens is 3. The molecule has 0 saturated carbocycles. The number of pyridine rings is 1. The third-order valence-electron chi connectivity index (χ3n) is 5.04. The number of hydrogen-bond acceptors (Lipinski definition) is 6. The number of aromatic nitrogens is 3. The van der Waals surface area contributed by atoms with E-state index in [2.05, 4.69) is 20.3 Å². The fourth-order valence-corrected chi connectivity index (χ4v) is 3.98. The van der Waals surface area contributed by atoms with E-state index < -0.39 is 21.6 Å². The van der Waals surface area contributed by atoms with E-state index in [4.69, 9.17) is 0 Å². The molecule has 1 aliphatic heterocycles. The fraction of sp³-hybridized carbons (Fsp3) is 0.250. The standard InChI is InChI=1S/C20H18F3N5O3S/c1-32(30,31)19-25-10-16(27-19)18(29)28-8-7-14-12(11-28)3-2-4-15(14)26-17-6-5-13(9-24-17)20(21,22)23/h2-6,9-10H,7-8,11H2,1H3,(H,24,26)(H,25,27). The zero-order chi connectivity index (χ0) is 23.1. The van der Waals surface area contributed by atoms with Crippen LogP contribution in [0.25, 0.3) is 0 Å². The third-order valence-corrected chi connectivity index (χ3v) is 5.95. The number of carbonyl (C=O) groups excluding carboxylic acids is 1. The molecule has 1 aromatic carbocycles. The normalized spacial score (nSPS) is 14.2. The van der Waals surface area contributed by atoms with Gasteiger partial charge >= 0.3 is 6.18 Å². The lowest BCUT2D eigenvalue weighted by Gasteiger charge is -2.30. The van der Waals surface area contributed by atoms with Gasteiger partial charge in [-0.2, -0.15) is 13.2 Å². The number of amides is 1. The first-order valence-corrected chi connectivity index (χ1v) is 11.4. The Morgan fingerprint density at radius 1 is 1.16 bits per heavy atom. The van der Waals surface area contributed by atoms with Crippen molar-refractivity contribution in [1.29, 1.82) is 0 Å². The Balaban J connectivity index is 1.51. The van der Waals surface area contributed by atoms with Crippen LogP contribution in [0.1, 0.15) is 27.2 Å². The molecule has 3 heterocycles. The number of anilines is 2. The highest BCUT2D eigenvalue weighted by Gasteiger charge is 2.31. The van der Waals surface area contributed by atoms with Gasteiger partial charge in [0.1, 0.15) is 11.5 Å². The summed E-state index contributed by atoms with van der Waals surface area (Å²) >= 11 is 0. The van der Waals surface area contributed by atoms with Crippen LogP contribution in [0.15, 0.2) is 47.9 Å². The van der Waals surface area contributed by atoms with E-state index >= 15 is 0 Å². The van der Waals surface area contributed by atoms with Gasteiger partial charge in [0.05, 0.1) is 11.8 Å². The second-order valence-electron chi connectivity index (χ2n) is 7.35. The molecule has 168 valence electrons. The van der Waals surface area contributed by atoms with Gasteiger partial charge in [-0.05, 0) is 35.7 Å². The van der Waals surface area contributed by atoms with Crippen LogP contribution in [0.4, 0.5) is 24.7 Å². The average Bonchev–Trinajstić information content (AvgIpc) is 3.24. The summed E-state index contributed by atoms with van der Waals surface area (Å²) in [7, 11) is -3.56. The van der Waals surface area contributed by atoms with Crippen molar-refractivity contribution in [3.63, 3.8) is 0 Å². The fourth-order valence-electron chi connectivity index (χ4n) is 3.44. The Morgan fingerprint density at radius 2 is 1.94 bits per heavy atom. The first kappa shape index (κ1) is 21.8. The number of alkyl halides is 3. The highest BCUT2D eigenvalue weighted by molar-refractivity contribution is 7.90. The molecule has 0 atom stereocenters. The van der Waals surface area contributed by atoms with Crippen LogP contribution in [-0.4, -0.2) is 47.0 Å². The van der Waals surface area contributed by atoms with Gasteiger partial charge in [0.25, 0.3) is 5.91 Å². The monoisotopic (exact) mass is 465 g/mol. The van der Waals surface area contributed by atoms with E-state index in [1.165, 1.54) is 12.3 Å². The van der Waals surface area contributed by atoms with Crippen molar-refractivity contribution in [3.8, 4) is 0 Å². The summed E-state index contributed by atoms with van der Waals surface area (Å²) in [5.41, 5.74) is 1.74. The molecule has 1 amide bonds. The van der Waals surface area contributed by atoms with Crippen LogP contribution in [0.5, 0.6) is 0 Å². The number of rotatable bonds is 4. The molecule has 4 rings (SSSR count). The second-order valence-corrected chi connectivity index (χ2v) is 9.28. The molecule has 0 fully saturated rings. The van der Waals surface area contributed by atoms with E-state index in [-0.39, 0.29) is 29.1 Å². The molecule has 2 aromatic heterocycles. The number of hydrogen-bond donors (Lipinski definition) is 2. The number of nitrogens with one attached hydrogen (secondary N) is 2. The molecule has 2 N–H and O–H groups in total. The Kier molecular flexibility index (Phi) is 5.41. The molecular formula is C20H18F3N5O3S. The zero-order valence-corrected chi connectivity index (χ0v) is 17.6. The van der Waals surface area contributed by atoms with E-state index in [0.29, 0.717) is 18.7 Å². The molecule has 8 nitrogen and oxygen atoms in total. The molecule has 0 bridgehead atoms. The summed E-state index contributed by atoms with van der Waals surface area (Å²) in [4.78, 5) is 24.5. The molecule has 32 heavy (non-hydrogen) atoms. The van der Waals surface area contributed by atoms with Crippen molar-refractivity contribution in [3.05, 3.63) is 65.1 Å². The Hall–Kier alpha value is -3.41. The zero-order valence-electron chi connectivity index (χ0n) is 16.8. The number of fused-ring (bicyclic) bond motifs is 1. The lowest BCUT2D eigenvalue weighted by Crippen LogP contribution is -2.36. The molecule has 12 heteroatoms. The molecular weight excluding hydrogens is 447 g/mol. The van der Waals surface area contributed by atoms with Crippen LogP contribution >= 0.6 is 0 Å². The summed E-state index contributed by atoms with van der Waals surface area (Å²) in [6.45, 7) is 0.662. The summed E-state index contributed by atoms with van der Waals surface area (Å²) in [6.07, 6.45) is -0.991. The molecule has 1 aliphatic rings. The largest absolute Gasteiger partial charge is 0.417 e. The Labute approximate surface area is 181 Å². The van der Waals surface area contributed by atoms with Crippen LogP contribution in [0.2, 0.25) is 0 Å². The van der Waals surface area contributed by atoms with Crippen LogP contribution in [0.3, 0.4) is 0 Å². The highest BCUT2D eigenvalue weighted by Crippen LogP contribution is 2.31. The lowest BCUT2D eigenvalue weighted by atomic mass is 9.97. The van der Waals surface area contributed by atoms with Crippen LogP contribution in [0, 0.1) is 0 Å². The molecule has 0 unspecified atom stereocenters. The van der Waals surface area contributed by atoms with Gasteiger partial charge in [-0.25, -0.2) is 18.4 Å². The smallest absolute Gasteiger partial charge is 0.340 e. The van der Waals surface area contributed by atoms with Crippen molar-refractivity contribution < 1.29 is 26.4 Å². The minimum atomic E-state index is -4.45. The van der Waals surface area contributed by atoms with E-state index in [9.17, 15) is 26.4 Å². The third kappa shape index (κ3) is 4.44. The van der Waals surface area contributed by atoms with Crippen molar-refractivity contribution in [1.82, 2.24) is 19.9 Å². The number of aromatic amines is 1. The predicted molar refractivity (Wildman–Crippen MR) is 109 cm³/mol. The van der Waals surface area contributed by atoms with E-state index in [1.807, 2.05) is 6.07 Å². The summed E-state index contributed by atoms with van der Waals surface area (Å²) in [6, 6.07) is 7.65. The molecule has 0 aliphatic carbocycles. The topological polar surface area (TPSA) is 108 Å². The van der Waals surface area contributed by atoms with Gasteiger partial charge in [-0.3, -0.25) is 4.79 Å². The highest BCUT2D eigenvalue weighted by atomic mass is 32.2. The molecule has 0 radical (unpaired) electrons. The van der Waals surface area contributed by atoms with E-state index in [1.54, 1.807) is 17.0 Å². The number of H-pyrrole nitrogens is 1. The SMILES string of the molecule is CS(=O)(=O)c1ncc(C(=O)N2CCc3c(cccc3Nc3ccc(C(F)(F)F)cn3)C2)[nH]1. The predicted octanol–water partition coefficient (Wildman–Crippen LogP) is 3.17. The Morgan fingerprint density at radius 3 is 2.56 bits per heavy atom. The molecule has 0 spiro atoms. The van der Waals surface area contributed by atoms with Gasteiger partial charge in [0.2, 0.25) is 15.0 Å². The van der Waals surface area contributed by atoms with Crippen LogP contribution < -0.4 is 5.32 Å². The van der Waals surface area contributed by atoms with Crippen LogP contribution in [-0.2, 0) is 29.0 Å². The second kappa shape index (κ2) is 7.93. The molecule has 3 aromatic rings. The Bertz CT molecular complexity index is 1270. The average molecular weight is 465 g/mol. The van der Waals surface area contributed by atoms with Gasteiger partial charge < -0.3 is 15.2 Å². The lowest BCUT2D eigenvalue weighted by molar-refractivity contribution is -0.137. The van der Waals surface area contributed by atoms with Crippen molar-refractivity contribution in [2.75, 3.05) is 18.1 Å². The summed E-state index contributed by atoms with van der Waals surface area (Å²) in [5, 5.41) is 2.77. The maximum Gasteiger partial charge on any atom is 0.417 e.